The summed E-state index contributed by atoms with van der Waals surface area (Å²) in [6, 6.07) is 32.8. The maximum Gasteiger partial charge on any atom is 0.0537 e. The highest BCUT2D eigenvalue weighted by Gasteiger charge is 2.38. The first kappa shape index (κ1) is 43.8. The Hall–Kier alpha value is -4.30. The number of allylic oxidation sites excluding steroid dienone is 3. The molecular formula is C55H74N2. The van der Waals surface area contributed by atoms with E-state index in [1.807, 2.05) is 0 Å². The SMILES string of the molecule is C=C(/C=C(\CC)N(c1cc(C)cc(N(c2ccc3c(c2)C(C)(C)CCC3(C)C)C(C)CC(=C)C(C)(C)CC)c1)c1ccc(C(C)(C)C)cc1-c1ccccc1)CC. The largest absolute Gasteiger partial charge is 0.338 e. The molecule has 0 radical (unpaired) electrons. The number of fused-ring (bicyclic) bond motifs is 1. The molecule has 0 spiro atoms. The summed E-state index contributed by atoms with van der Waals surface area (Å²) in [7, 11) is 0. The van der Waals surface area contributed by atoms with Gasteiger partial charge in [0.05, 0.1) is 5.69 Å². The third-order valence-electron chi connectivity index (χ3n) is 13.2. The summed E-state index contributed by atoms with van der Waals surface area (Å²) >= 11 is 0. The van der Waals surface area contributed by atoms with Crippen molar-refractivity contribution in [3.8, 4) is 11.1 Å². The molecule has 304 valence electrons. The first-order valence-electron chi connectivity index (χ1n) is 21.8. The van der Waals surface area contributed by atoms with Crippen LogP contribution >= 0.6 is 0 Å². The highest BCUT2D eigenvalue weighted by molar-refractivity contribution is 5.86. The second-order valence-corrected chi connectivity index (χ2v) is 20.0. The molecule has 0 saturated carbocycles. The lowest BCUT2D eigenvalue weighted by Gasteiger charge is -2.43. The van der Waals surface area contributed by atoms with Crippen LogP contribution in [0.1, 0.15) is 151 Å². The summed E-state index contributed by atoms with van der Waals surface area (Å²) in [4.78, 5) is 5.14. The minimum atomic E-state index is 0.00889. The Morgan fingerprint density at radius 1 is 0.737 bits per heavy atom. The van der Waals surface area contributed by atoms with Gasteiger partial charge in [-0.25, -0.2) is 0 Å². The Kier molecular flexibility index (Phi) is 13.0. The van der Waals surface area contributed by atoms with Crippen LogP contribution in [0.4, 0.5) is 22.7 Å². The molecule has 0 fully saturated rings. The van der Waals surface area contributed by atoms with Gasteiger partial charge in [0.2, 0.25) is 0 Å². The van der Waals surface area contributed by atoms with Gasteiger partial charge < -0.3 is 9.80 Å². The average Bonchev–Trinajstić information content (AvgIpc) is 3.16. The maximum absolute atomic E-state index is 4.70. The molecule has 57 heavy (non-hydrogen) atoms. The molecule has 0 aliphatic heterocycles. The Balaban J connectivity index is 1.81. The van der Waals surface area contributed by atoms with Gasteiger partial charge in [0.1, 0.15) is 0 Å². The van der Waals surface area contributed by atoms with E-state index in [4.69, 9.17) is 6.58 Å². The van der Waals surface area contributed by atoms with Crippen molar-refractivity contribution >= 4 is 22.7 Å². The predicted molar refractivity (Wildman–Crippen MR) is 253 cm³/mol. The van der Waals surface area contributed by atoms with Crippen LogP contribution in [0.15, 0.2) is 121 Å². The van der Waals surface area contributed by atoms with Crippen LogP contribution in [0.2, 0.25) is 0 Å². The predicted octanol–water partition coefficient (Wildman–Crippen LogP) is 16.6. The number of anilines is 4. The van der Waals surface area contributed by atoms with E-state index in [2.05, 4.69) is 204 Å². The summed E-state index contributed by atoms with van der Waals surface area (Å²) in [5, 5.41) is 0. The zero-order chi connectivity index (χ0) is 42.1. The van der Waals surface area contributed by atoms with Gasteiger partial charge in [-0.2, -0.15) is 0 Å². The summed E-state index contributed by atoms with van der Waals surface area (Å²) in [5.74, 6) is 0. The molecule has 2 nitrogen and oxygen atoms in total. The second-order valence-electron chi connectivity index (χ2n) is 20.0. The zero-order valence-electron chi connectivity index (χ0n) is 38.3. The number of rotatable bonds is 14. The van der Waals surface area contributed by atoms with Gasteiger partial charge in [0, 0.05) is 34.4 Å². The van der Waals surface area contributed by atoms with Crippen LogP contribution in [0, 0.1) is 12.3 Å². The Labute approximate surface area is 348 Å². The van der Waals surface area contributed by atoms with E-state index in [0.717, 1.165) is 36.9 Å². The van der Waals surface area contributed by atoms with Crippen molar-refractivity contribution in [1.82, 2.24) is 0 Å². The van der Waals surface area contributed by atoms with E-state index in [1.165, 1.54) is 74.6 Å². The molecule has 5 rings (SSSR count). The van der Waals surface area contributed by atoms with Crippen LogP contribution in [0.3, 0.4) is 0 Å². The van der Waals surface area contributed by atoms with E-state index < -0.39 is 0 Å². The highest BCUT2D eigenvalue weighted by Crippen LogP contribution is 2.49. The van der Waals surface area contributed by atoms with E-state index in [-0.39, 0.29) is 27.7 Å². The monoisotopic (exact) mass is 763 g/mol. The topological polar surface area (TPSA) is 6.48 Å². The molecule has 0 heterocycles. The van der Waals surface area contributed by atoms with Gasteiger partial charge >= 0.3 is 0 Å². The molecular weight excluding hydrogens is 689 g/mol. The van der Waals surface area contributed by atoms with Crippen molar-refractivity contribution in [1.29, 1.82) is 0 Å². The molecule has 1 unspecified atom stereocenters. The Morgan fingerprint density at radius 3 is 1.96 bits per heavy atom. The van der Waals surface area contributed by atoms with Crippen LogP contribution < -0.4 is 9.80 Å². The quantitative estimate of drug-likeness (QED) is 0.0932. The Bertz CT molecular complexity index is 2100. The fourth-order valence-electron chi connectivity index (χ4n) is 8.54. The van der Waals surface area contributed by atoms with Gasteiger partial charge in [0.25, 0.3) is 0 Å². The minimum absolute atomic E-state index is 0.00889. The second kappa shape index (κ2) is 16.9. The third kappa shape index (κ3) is 9.54. The lowest BCUT2D eigenvalue weighted by molar-refractivity contribution is 0.332. The molecule has 0 amide bonds. The molecule has 4 aromatic rings. The maximum atomic E-state index is 4.70. The van der Waals surface area contributed by atoms with Crippen molar-refractivity contribution in [3.05, 3.63) is 143 Å². The van der Waals surface area contributed by atoms with Crippen LogP contribution in [0.5, 0.6) is 0 Å². The van der Waals surface area contributed by atoms with Crippen molar-refractivity contribution in [2.24, 2.45) is 5.41 Å². The number of nitrogens with zero attached hydrogens (tertiary/aromatic N) is 2. The number of hydrogen-bond donors (Lipinski definition) is 0. The molecule has 4 aromatic carbocycles. The van der Waals surface area contributed by atoms with Crippen molar-refractivity contribution in [2.75, 3.05) is 9.80 Å². The van der Waals surface area contributed by atoms with Crippen molar-refractivity contribution in [2.45, 2.75) is 158 Å². The molecule has 0 N–H and O–H groups in total. The summed E-state index contributed by atoms with van der Waals surface area (Å²) in [6.07, 6.45) is 8.44. The normalized spacial score (nSPS) is 15.8. The minimum Gasteiger partial charge on any atom is -0.338 e. The Morgan fingerprint density at radius 2 is 1.37 bits per heavy atom. The van der Waals surface area contributed by atoms with Crippen LogP contribution in [-0.2, 0) is 16.2 Å². The smallest absolute Gasteiger partial charge is 0.0537 e. The molecule has 1 atom stereocenters. The number of hydrogen-bond acceptors (Lipinski definition) is 2. The fraction of sp³-hybridized carbons (Fsp3) is 0.455. The lowest BCUT2D eigenvalue weighted by Crippen LogP contribution is -2.35. The van der Waals surface area contributed by atoms with Gasteiger partial charge in [-0.15, -0.1) is 0 Å². The van der Waals surface area contributed by atoms with Gasteiger partial charge in [-0.05, 0) is 150 Å². The van der Waals surface area contributed by atoms with Gasteiger partial charge in [0.15, 0.2) is 0 Å². The van der Waals surface area contributed by atoms with Crippen molar-refractivity contribution < 1.29 is 0 Å². The van der Waals surface area contributed by atoms with Crippen LogP contribution in [-0.4, -0.2) is 6.04 Å². The molecule has 0 bridgehead atoms. The highest BCUT2D eigenvalue weighted by atomic mass is 15.2. The van der Waals surface area contributed by atoms with Crippen molar-refractivity contribution in [3.63, 3.8) is 0 Å². The van der Waals surface area contributed by atoms with Gasteiger partial charge in [-0.1, -0.05) is 150 Å². The van der Waals surface area contributed by atoms with E-state index >= 15 is 0 Å². The van der Waals surface area contributed by atoms with E-state index in [0.29, 0.717) is 0 Å². The molecule has 1 aliphatic carbocycles. The first-order chi connectivity index (χ1) is 26.6. The third-order valence-corrected chi connectivity index (χ3v) is 13.2. The zero-order valence-corrected chi connectivity index (χ0v) is 38.3. The number of benzene rings is 4. The summed E-state index contributed by atoms with van der Waals surface area (Å²) < 4.78 is 0. The molecule has 0 aromatic heterocycles. The molecule has 0 saturated heterocycles. The average molecular weight is 763 g/mol. The summed E-state index contributed by atoms with van der Waals surface area (Å²) in [6.45, 7) is 41.9. The lowest BCUT2D eigenvalue weighted by atomic mass is 9.63. The molecule has 1 aliphatic rings. The van der Waals surface area contributed by atoms with E-state index in [1.54, 1.807) is 0 Å². The van der Waals surface area contributed by atoms with Crippen LogP contribution in [0.25, 0.3) is 11.1 Å². The standard InChI is InChI=1S/C55H74N2/c1-17-38(4)31-44(18-2)57(51-28-25-43(52(8,9)10)35-48(51)42-23-21-20-22-24-42)47-33-39(5)32-46(36-47)56(41(7)34-40(6)53(11,12)19-3)45-26-27-49-50(37-45)55(15,16)30-29-54(49,13)14/h20-28,31-33,35-37,41H,4,6,17-19,29-30,34H2,1-3,5,7-16H3/b44-31+. The molecule has 2 heteroatoms. The van der Waals surface area contributed by atoms with Gasteiger partial charge in [-0.3, -0.25) is 0 Å². The van der Waals surface area contributed by atoms with E-state index in [9.17, 15) is 0 Å². The fourth-order valence-corrected chi connectivity index (χ4v) is 8.54. The first-order valence-corrected chi connectivity index (χ1v) is 21.8. The summed E-state index contributed by atoms with van der Waals surface area (Å²) in [5.41, 5.74) is 16.8. The number of aryl methyl sites for hydroxylation is 1.